The molecule has 1 saturated heterocycles. The molecule has 0 unspecified atom stereocenters. The van der Waals surface area contributed by atoms with Gasteiger partial charge in [-0.1, -0.05) is 18.5 Å². The van der Waals surface area contributed by atoms with Crippen molar-refractivity contribution in [2.45, 2.75) is 63.8 Å². The Morgan fingerprint density at radius 3 is 2.87 bits per heavy atom. The summed E-state index contributed by atoms with van der Waals surface area (Å²) in [6.07, 6.45) is 6.50. The fraction of sp³-hybridized carbons (Fsp3) is 0.519. The van der Waals surface area contributed by atoms with Gasteiger partial charge in [-0.25, -0.2) is 9.78 Å². The lowest BCUT2D eigenvalue weighted by molar-refractivity contribution is 0.194. The van der Waals surface area contributed by atoms with Crippen LogP contribution in [-0.2, 0) is 19.9 Å². The first-order valence-corrected chi connectivity index (χ1v) is 14.3. The number of H-pyrrole nitrogens is 1. The molecule has 39 heavy (non-hydrogen) atoms. The molecule has 5 heterocycles. The number of fused-ring (bicyclic) bond motifs is 2. The van der Waals surface area contributed by atoms with Gasteiger partial charge in [0.2, 0.25) is 17.5 Å². The van der Waals surface area contributed by atoms with Crippen LogP contribution in [0.2, 0.25) is 0 Å². The van der Waals surface area contributed by atoms with E-state index in [-0.39, 0.29) is 17.6 Å². The number of nitrogens with two attached hydrogens (primary N) is 1. The van der Waals surface area contributed by atoms with Gasteiger partial charge in [-0.05, 0) is 57.7 Å². The topological polar surface area (TPSA) is 152 Å². The Hall–Kier alpha value is -3.69. The molecule has 0 bridgehead atoms. The van der Waals surface area contributed by atoms with Crippen molar-refractivity contribution in [2.24, 2.45) is 7.05 Å². The van der Waals surface area contributed by atoms with E-state index < -0.39 is 0 Å². The number of rotatable bonds is 7. The van der Waals surface area contributed by atoms with Crippen LogP contribution in [0.4, 0.5) is 5.00 Å². The summed E-state index contributed by atoms with van der Waals surface area (Å²) in [5.41, 5.74) is 10.1. The van der Waals surface area contributed by atoms with Crippen molar-refractivity contribution in [3.8, 4) is 23.5 Å². The number of nitriles is 1. The van der Waals surface area contributed by atoms with Crippen LogP contribution in [0.5, 0.6) is 5.88 Å². The maximum atomic E-state index is 12.5. The van der Waals surface area contributed by atoms with Gasteiger partial charge in [0.15, 0.2) is 11.2 Å². The average molecular weight is 549 g/mol. The summed E-state index contributed by atoms with van der Waals surface area (Å²) in [6.45, 7) is 3.60. The van der Waals surface area contributed by atoms with Gasteiger partial charge < -0.3 is 19.9 Å². The number of aromatic nitrogens is 5. The highest BCUT2D eigenvalue weighted by atomic mass is 32.1. The Balaban J connectivity index is 1.45. The largest absolute Gasteiger partial charge is 0.474 e. The molecular formula is C27H32N8O3S. The van der Waals surface area contributed by atoms with Gasteiger partial charge in [-0.2, -0.15) is 10.2 Å². The Morgan fingerprint density at radius 1 is 1.28 bits per heavy atom. The minimum absolute atomic E-state index is 0.0788. The Morgan fingerprint density at radius 2 is 2.13 bits per heavy atom. The predicted molar refractivity (Wildman–Crippen MR) is 148 cm³/mol. The quantitative estimate of drug-likeness (QED) is 0.352. The number of likely N-dealkylation sites (N-methyl/N-ethyl adjacent to an activating group) is 1. The van der Waals surface area contributed by atoms with Crippen LogP contribution in [0, 0.1) is 11.3 Å². The lowest BCUT2D eigenvalue weighted by Gasteiger charge is -2.22. The van der Waals surface area contributed by atoms with E-state index >= 15 is 0 Å². The van der Waals surface area contributed by atoms with Crippen LogP contribution in [-0.4, -0.2) is 55.8 Å². The van der Waals surface area contributed by atoms with Gasteiger partial charge in [0.1, 0.15) is 17.7 Å². The van der Waals surface area contributed by atoms with Crippen LogP contribution in [0.3, 0.4) is 0 Å². The molecular weight excluding hydrogens is 516 g/mol. The highest BCUT2D eigenvalue weighted by molar-refractivity contribution is 7.16. The number of anilines is 1. The number of likely N-dealkylation sites (tertiary alicyclic amines) is 1. The molecule has 12 heteroatoms. The van der Waals surface area contributed by atoms with Crippen LogP contribution in [0.15, 0.2) is 9.32 Å². The monoisotopic (exact) mass is 548 g/mol. The highest BCUT2D eigenvalue weighted by Crippen LogP contribution is 2.46. The second-order valence-electron chi connectivity index (χ2n) is 10.5. The van der Waals surface area contributed by atoms with Gasteiger partial charge in [0.25, 0.3) is 0 Å². The van der Waals surface area contributed by atoms with Gasteiger partial charge in [-0.3, -0.25) is 9.55 Å². The number of nitrogen functional groups attached to an aromatic ring is 1. The molecule has 11 nitrogen and oxygen atoms in total. The van der Waals surface area contributed by atoms with E-state index in [0.717, 1.165) is 66.8 Å². The zero-order valence-electron chi connectivity index (χ0n) is 22.4. The van der Waals surface area contributed by atoms with E-state index in [4.69, 9.17) is 20.0 Å². The molecule has 4 aromatic rings. The molecule has 3 N–H and O–H groups in total. The zero-order chi connectivity index (χ0) is 27.3. The van der Waals surface area contributed by atoms with Gasteiger partial charge >= 0.3 is 5.69 Å². The first-order chi connectivity index (χ1) is 18.9. The van der Waals surface area contributed by atoms with E-state index in [1.807, 2.05) is 0 Å². The van der Waals surface area contributed by atoms with Crippen LogP contribution in [0.25, 0.3) is 22.7 Å². The lowest BCUT2D eigenvalue weighted by Crippen LogP contribution is -2.30. The minimum Gasteiger partial charge on any atom is -0.474 e. The Bertz CT molecular complexity index is 1640. The summed E-state index contributed by atoms with van der Waals surface area (Å²) in [6, 6.07) is 2.60. The third-order valence-corrected chi connectivity index (χ3v) is 9.15. The van der Waals surface area contributed by atoms with Gasteiger partial charge in [0.05, 0.1) is 11.3 Å². The summed E-state index contributed by atoms with van der Waals surface area (Å²) >= 11 is 1.50. The van der Waals surface area contributed by atoms with Crippen molar-refractivity contribution in [2.75, 3.05) is 25.9 Å². The Kier molecular flexibility index (Phi) is 6.64. The smallest absolute Gasteiger partial charge is 0.327 e. The van der Waals surface area contributed by atoms with E-state index in [0.29, 0.717) is 52.2 Å². The van der Waals surface area contributed by atoms with Gasteiger partial charge in [0, 0.05) is 29.4 Å². The van der Waals surface area contributed by atoms with Crippen molar-refractivity contribution < 1.29 is 9.26 Å². The highest BCUT2D eigenvalue weighted by Gasteiger charge is 2.34. The normalized spacial score (nSPS) is 19.4. The molecule has 4 aromatic heterocycles. The maximum Gasteiger partial charge on any atom is 0.327 e. The second-order valence-corrected chi connectivity index (χ2v) is 11.6. The molecule has 0 aromatic carbocycles. The molecule has 0 saturated carbocycles. The minimum atomic E-state index is -0.292. The number of thiophene rings is 1. The molecule has 204 valence electrons. The number of hydrogen-bond acceptors (Lipinski definition) is 10. The summed E-state index contributed by atoms with van der Waals surface area (Å²) < 4.78 is 13.7. The zero-order valence-corrected chi connectivity index (χ0v) is 23.2. The number of nitrogens with one attached hydrogen (secondary N) is 1. The molecule has 1 fully saturated rings. The summed E-state index contributed by atoms with van der Waals surface area (Å²) in [4.78, 5) is 28.2. The molecule has 2 atom stereocenters. The average Bonchev–Trinajstić information content (AvgIpc) is 3.67. The maximum absolute atomic E-state index is 12.5. The number of nitrogens with zero attached hydrogens (tertiary/aromatic N) is 6. The first kappa shape index (κ1) is 25.6. The van der Waals surface area contributed by atoms with Crippen LogP contribution >= 0.6 is 11.3 Å². The number of ether oxygens (including phenoxy) is 1. The van der Waals surface area contributed by atoms with Crippen molar-refractivity contribution >= 4 is 27.5 Å². The number of aryl methyl sites for hydroxylation is 2. The van der Waals surface area contributed by atoms with Crippen molar-refractivity contribution in [1.29, 1.82) is 5.26 Å². The van der Waals surface area contributed by atoms with Crippen LogP contribution < -0.4 is 16.2 Å². The Labute approximate surface area is 229 Å². The van der Waals surface area contributed by atoms with E-state index in [1.54, 1.807) is 7.05 Å². The molecule has 1 aliphatic heterocycles. The van der Waals surface area contributed by atoms with E-state index in [9.17, 15) is 10.1 Å². The SMILES string of the molecule is CCCc1c([C@H]2CCCc3sc(N)c(C#N)c32)noc1-c1nc(OC[C@@H]2CCCN2C)c2c(n1)[nH]c(=O)n2C. The molecule has 1 aliphatic carbocycles. The molecule has 0 radical (unpaired) electrons. The molecule has 0 amide bonds. The van der Waals surface area contributed by atoms with Crippen molar-refractivity contribution in [1.82, 2.24) is 29.6 Å². The number of hydrogen-bond donors (Lipinski definition) is 2. The number of imidazole rings is 1. The van der Waals surface area contributed by atoms with E-state index in [1.165, 1.54) is 15.9 Å². The summed E-state index contributed by atoms with van der Waals surface area (Å²) in [7, 11) is 3.77. The van der Waals surface area contributed by atoms with Gasteiger partial charge in [-0.15, -0.1) is 11.3 Å². The summed E-state index contributed by atoms with van der Waals surface area (Å²) in [5, 5.41) is 15.0. The third kappa shape index (κ3) is 4.30. The fourth-order valence-electron chi connectivity index (χ4n) is 6.01. The molecule has 0 spiro atoms. The van der Waals surface area contributed by atoms with Crippen molar-refractivity contribution in [3.05, 3.63) is 37.7 Å². The number of aromatic amines is 1. The molecule has 6 rings (SSSR count). The predicted octanol–water partition coefficient (Wildman–Crippen LogP) is 3.72. The molecule has 2 aliphatic rings. The second kappa shape index (κ2) is 10.1. The van der Waals surface area contributed by atoms with Crippen molar-refractivity contribution in [3.63, 3.8) is 0 Å². The fourth-order valence-corrected chi connectivity index (χ4v) is 7.13. The summed E-state index contributed by atoms with van der Waals surface area (Å²) in [5.74, 6) is 1.05. The first-order valence-electron chi connectivity index (χ1n) is 13.5. The van der Waals surface area contributed by atoms with E-state index in [2.05, 4.69) is 40.1 Å². The third-order valence-electron chi connectivity index (χ3n) is 8.06. The van der Waals surface area contributed by atoms with Crippen LogP contribution in [0.1, 0.15) is 72.2 Å². The lowest BCUT2D eigenvalue weighted by atomic mass is 9.81. The standard InChI is InChI=1S/C27H32N8O3S/c1-4-7-16-20(15-9-5-10-18-19(15)17(12-28)23(29)39-18)33-38-22(16)25-30-24-21(35(3)27(36)32-24)26(31-25)37-13-14-8-6-11-34(14)2/h14-15H,4-11,13,29H2,1-3H3,(H,30,31,32,36)/t14-,15-/m0/s1.